The molecule has 1 aliphatic rings. The van der Waals surface area contributed by atoms with Crippen LogP contribution in [0.25, 0.3) is 0 Å². The van der Waals surface area contributed by atoms with Gasteiger partial charge in [0, 0.05) is 0 Å². The van der Waals surface area contributed by atoms with E-state index in [4.69, 9.17) is 4.43 Å². The van der Waals surface area contributed by atoms with Crippen molar-refractivity contribution in [2.45, 2.75) is 45.5 Å². The van der Waals surface area contributed by atoms with Crippen LogP contribution in [0.15, 0.2) is 21.6 Å². The van der Waals surface area contributed by atoms with Gasteiger partial charge in [0.15, 0.2) is 0 Å². The van der Waals surface area contributed by atoms with Crippen LogP contribution in [0.1, 0.15) is 19.8 Å². The minimum Gasteiger partial charge on any atom is -0.147 e. The molecule has 0 amide bonds. The van der Waals surface area contributed by atoms with E-state index < -0.39 is 8.32 Å². The minimum atomic E-state index is -1.41. The van der Waals surface area contributed by atoms with E-state index in [-0.39, 0.29) is 24.8 Å². The van der Waals surface area contributed by atoms with Crippen molar-refractivity contribution in [3.05, 3.63) is 21.6 Å². The summed E-state index contributed by atoms with van der Waals surface area (Å²) >= 11 is 2.21. The Balaban J connectivity index is 0. The molecule has 1 unspecified atom stereocenters. The summed E-state index contributed by atoms with van der Waals surface area (Å²) in [5.74, 6) is 0. The van der Waals surface area contributed by atoms with E-state index in [2.05, 4.69) is 59.2 Å². The van der Waals surface area contributed by atoms with Crippen molar-refractivity contribution in [3.63, 3.8) is 0 Å². The molecule has 0 saturated carbocycles. The molecule has 1 aliphatic carbocycles. The molecule has 0 saturated heterocycles. The average molecular weight is 316 g/mol. The van der Waals surface area contributed by atoms with Crippen molar-refractivity contribution in [3.8, 4) is 0 Å². The third-order valence-electron chi connectivity index (χ3n) is 2.18. The molecule has 0 N–H and O–H groups in total. The first-order valence-electron chi connectivity index (χ1n) is 5.23. The molecule has 0 aromatic heterocycles. The SMILES string of the molecule is CCC(O[Si](C)(C)C)C1=[C]([Ti])CC=C1.Cl.Cl. The van der Waals surface area contributed by atoms with Gasteiger partial charge in [0.25, 0.3) is 0 Å². The molecular formula is C11H21Cl2OSiTi. The second-order valence-corrected chi connectivity index (χ2v) is 10.1. The van der Waals surface area contributed by atoms with Crippen LogP contribution in [-0.4, -0.2) is 14.4 Å². The van der Waals surface area contributed by atoms with Gasteiger partial charge in [-0.3, -0.25) is 0 Å². The first-order valence-corrected chi connectivity index (χ1v) is 9.42. The fraction of sp³-hybridized carbons (Fsp3) is 0.636. The fourth-order valence-corrected chi connectivity index (χ4v) is 3.33. The van der Waals surface area contributed by atoms with Crippen molar-refractivity contribution >= 4 is 33.1 Å². The number of rotatable bonds is 4. The molecule has 5 heteroatoms. The Kier molecular flexibility index (Phi) is 9.80. The Morgan fingerprint density at radius 2 is 1.94 bits per heavy atom. The van der Waals surface area contributed by atoms with E-state index in [1.165, 1.54) is 9.45 Å². The van der Waals surface area contributed by atoms with Gasteiger partial charge >= 0.3 is 100 Å². The van der Waals surface area contributed by atoms with Gasteiger partial charge in [0.1, 0.15) is 0 Å². The minimum absolute atomic E-state index is 0. The summed E-state index contributed by atoms with van der Waals surface area (Å²) in [5.41, 5.74) is 1.43. The van der Waals surface area contributed by atoms with E-state index in [9.17, 15) is 0 Å². The summed E-state index contributed by atoms with van der Waals surface area (Å²) in [4.78, 5) is 0. The van der Waals surface area contributed by atoms with Crippen molar-refractivity contribution in [2.24, 2.45) is 0 Å². The molecule has 0 spiro atoms. The van der Waals surface area contributed by atoms with Crippen LogP contribution in [0, 0.1) is 0 Å². The topological polar surface area (TPSA) is 9.23 Å². The maximum atomic E-state index is 6.17. The molecular weight excluding hydrogens is 295 g/mol. The zero-order valence-corrected chi connectivity index (χ0v) is 14.6. The number of hydrogen-bond acceptors (Lipinski definition) is 1. The standard InChI is InChI=1S/C11H19OSi.2ClH.Ti/c1-5-11(12-13(2,3)4)10-8-6-7-9-10;;;/h6,8,11H,5,7H2,1-4H3;2*1H;. The predicted molar refractivity (Wildman–Crippen MR) is 73.8 cm³/mol. The molecule has 0 aromatic rings. The van der Waals surface area contributed by atoms with Crippen LogP contribution >= 0.6 is 24.8 Å². The Morgan fingerprint density at radius 3 is 2.25 bits per heavy atom. The Hall–Kier alpha value is 0.951. The second-order valence-electron chi connectivity index (χ2n) is 4.67. The predicted octanol–water partition coefficient (Wildman–Crippen LogP) is 4.22. The number of allylic oxidation sites excluding steroid dienone is 2. The van der Waals surface area contributed by atoms with Gasteiger partial charge < -0.3 is 0 Å². The van der Waals surface area contributed by atoms with E-state index in [1.807, 2.05) is 0 Å². The molecule has 0 fully saturated rings. The van der Waals surface area contributed by atoms with Crippen molar-refractivity contribution in [1.82, 2.24) is 0 Å². The molecule has 0 radical (unpaired) electrons. The monoisotopic (exact) mass is 315 g/mol. The van der Waals surface area contributed by atoms with Gasteiger partial charge in [-0.2, -0.15) is 0 Å². The molecule has 0 bridgehead atoms. The molecule has 0 heterocycles. The molecule has 1 rings (SSSR count). The Labute approximate surface area is 124 Å². The van der Waals surface area contributed by atoms with Crippen LogP contribution in [0.3, 0.4) is 0 Å². The van der Waals surface area contributed by atoms with Crippen LogP contribution in [0.5, 0.6) is 0 Å². The normalized spacial score (nSPS) is 16.7. The summed E-state index contributed by atoms with van der Waals surface area (Å²) < 4.78 is 7.65. The Morgan fingerprint density at radius 1 is 1.38 bits per heavy atom. The van der Waals surface area contributed by atoms with Gasteiger partial charge in [-0.1, -0.05) is 0 Å². The van der Waals surface area contributed by atoms with E-state index in [0.29, 0.717) is 6.10 Å². The van der Waals surface area contributed by atoms with Crippen molar-refractivity contribution in [2.75, 3.05) is 0 Å². The smallest absolute Gasteiger partial charge is 0.147 e. The molecule has 16 heavy (non-hydrogen) atoms. The first kappa shape index (κ1) is 19.3. The van der Waals surface area contributed by atoms with Crippen LogP contribution < -0.4 is 0 Å². The molecule has 1 atom stereocenters. The molecule has 0 aliphatic heterocycles. The van der Waals surface area contributed by atoms with Gasteiger partial charge in [-0.25, -0.2) is 0 Å². The second kappa shape index (κ2) is 8.12. The maximum Gasteiger partial charge on any atom is -0.147 e. The molecule has 0 aromatic carbocycles. The zero-order valence-electron chi connectivity index (χ0n) is 10.4. The molecule has 1 nitrogen and oxygen atoms in total. The quantitative estimate of drug-likeness (QED) is 0.706. The van der Waals surface area contributed by atoms with E-state index >= 15 is 0 Å². The number of hydrogen-bond donors (Lipinski definition) is 0. The van der Waals surface area contributed by atoms with Crippen molar-refractivity contribution < 1.29 is 24.9 Å². The van der Waals surface area contributed by atoms with Gasteiger partial charge in [0.2, 0.25) is 0 Å². The van der Waals surface area contributed by atoms with Crippen LogP contribution in [0.4, 0.5) is 0 Å². The summed E-state index contributed by atoms with van der Waals surface area (Å²) in [6.45, 7) is 8.97. The van der Waals surface area contributed by atoms with Gasteiger partial charge in [0.05, 0.1) is 0 Å². The third-order valence-corrected chi connectivity index (χ3v) is 3.94. The van der Waals surface area contributed by atoms with E-state index in [1.54, 1.807) is 0 Å². The van der Waals surface area contributed by atoms with Gasteiger partial charge in [-0.15, -0.1) is 24.8 Å². The van der Waals surface area contributed by atoms with E-state index in [0.717, 1.165) is 12.8 Å². The van der Waals surface area contributed by atoms with Crippen LogP contribution in [0.2, 0.25) is 19.6 Å². The average Bonchev–Trinajstić information content (AvgIpc) is 2.45. The van der Waals surface area contributed by atoms with Crippen molar-refractivity contribution in [1.29, 1.82) is 0 Å². The fourth-order valence-electron chi connectivity index (χ4n) is 1.62. The largest absolute Gasteiger partial charge is 0.147 e. The Bertz CT molecular complexity index is 272. The summed E-state index contributed by atoms with van der Waals surface area (Å²) in [5, 5.41) is 0. The zero-order chi connectivity index (χ0) is 10.8. The van der Waals surface area contributed by atoms with Gasteiger partial charge in [-0.05, 0) is 0 Å². The maximum absolute atomic E-state index is 6.17. The third kappa shape index (κ3) is 6.04. The summed E-state index contributed by atoms with van der Waals surface area (Å²) in [7, 11) is -1.41. The van der Waals surface area contributed by atoms with Crippen LogP contribution in [-0.2, 0) is 24.9 Å². The first-order chi connectivity index (χ1) is 6.44. The number of halogens is 2. The summed E-state index contributed by atoms with van der Waals surface area (Å²) in [6, 6.07) is 0. The molecule has 93 valence electrons. The summed E-state index contributed by atoms with van der Waals surface area (Å²) in [6.07, 6.45) is 7.01.